The SMILES string of the molecule is CCCCCCNC(C)CC1CCC1. The monoisotopic (exact) mass is 197 g/mol. The fraction of sp³-hybridized carbons (Fsp3) is 1.00. The summed E-state index contributed by atoms with van der Waals surface area (Å²) < 4.78 is 0. The minimum absolute atomic E-state index is 0.752. The lowest BCUT2D eigenvalue weighted by Crippen LogP contribution is -2.30. The molecule has 14 heavy (non-hydrogen) atoms. The quantitative estimate of drug-likeness (QED) is 0.585. The normalized spacial score (nSPS) is 19.3. The Labute approximate surface area is 89.7 Å². The van der Waals surface area contributed by atoms with Crippen LogP contribution in [0, 0.1) is 5.92 Å². The molecule has 1 atom stereocenters. The molecule has 0 aromatic heterocycles. The summed E-state index contributed by atoms with van der Waals surface area (Å²) in [7, 11) is 0. The van der Waals surface area contributed by atoms with Gasteiger partial charge in [0.25, 0.3) is 0 Å². The van der Waals surface area contributed by atoms with Crippen LogP contribution in [0.4, 0.5) is 0 Å². The average Bonchev–Trinajstić information content (AvgIpc) is 2.11. The molecule has 1 aliphatic rings. The minimum atomic E-state index is 0.752. The van der Waals surface area contributed by atoms with Crippen LogP contribution in [0.5, 0.6) is 0 Å². The van der Waals surface area contributed by atoms with E-state index in [-0.39, 0.29) is 0 Å². The highest BCUT2D eigenvalue weighted by molar-refractivity contribution is 4.74. The Morgan fingerprint density at radius 2 is 2.00 bits per heavy atom. The molecule has 0 radical (unpaired) electrons. The molecule has 0 amide bonds. The molecule has 0 aliphatic heterocycles. The van der Waals surface area contributed by atoms with Crippen LogP contribution in [-0.2, 0) is 0 Å². The maximum atomic E-state index is 3.64. The molecule has 1 saturated carbocycles. The Bertz CT molecular complexity index is 129. The first-order valence-electron chi connectivity index (χ1n) is 6.56. The van der Waals surface area contributed by atoms with Crippen molar-refractivity contribution in [3.63, 3.8) is 0 Å². The van der Waals surface area contributed by atoms with Gasteiger partial charge in [0.15, 0.2) is 0 Å². The van der Waals surface area contributed by atoms with E-state index in [1.54, 1.807) is 0 Å². The highest BCUT2D eigenvalue weighted by Gasteiger charge is 2.19. The van der Waals surface area contributed by atoms with Gasteiger partial charge in [-0.15, -0.1) is 0 Å². The first-order chi connectivity index (χ1) is 6.83. The number of unbranched alkanes of at least 4 members (excludes halogenated alkanes) is 3. The lowest BCUT2D eigenvalue weighted by Gasteiger charge is -2.28. The number of hydrogen-bond donors (Lipinski definition) is 1. The third-order valence-corrected chi connectivity index (χ3v) is 3.43. The molecule has 0 heterocycles. The van der Waals surface area contributed by atoms with Crippen LogP contribution in [0.25, 0.3) is 0 Å². The Balaban J connectivity index is 1.84. The Morgan fingerprint density at radius 3 is 2.57 bits per heavy atom. The second-order valence-electron chi connectivity index (χ2n) is 4.95. The van der Waals surface area contributed by atoms with E-state index in [0.717, 1.165) is 12.0 Å². The number of nitrogens with one attached hydrogen (secondary N) is 1. The van der Waals surface area contributed by atoms with E-state index in [1.807, 2.05) is 0 Å². The maximum Gasteiger partial charge on any atom is 0.00413 e. The smallest absolute Gasteiger partial charge is 0.00413 e. The van der Waals surface area contributed by atoms with Crippen molar-refractivity contribution in [3.05, 3.63) is 0 Å². The third kappa shape index (κ3) is 4.99. The van der Waals surface area contributed by atoms with Crippen molar-refractivity contribution in [1.82, 2.24) is 5.32 Å². The van der Waals surface area contributed by atoms with Gasteiger partial charge in [0.2, 0.25) is 0 Å². The van der Waals surface area contributed by atoms with Crippen molar-refractivity contribution in [2.45, 2.75) is 71.3 Å². The zero-order chi connectivity index (χ0) is 10.2. The van der Waals surface area contributed by atoms with Gasteiger partial charge in [-0.25, -0.2) is 0 Å². The molecule has 0 aromatic rings. The highest BCUT2D eigenvalue weighted by Crippen LogP contribution is 2.30. The minimum Gasteiger partial charge on any atom is -0.314 e. The lowest BCUT2D eigenvalue weighted by atomic mass is 9.81. The molecule has 1 aliphatic carbocycles. The van der Waals surface area contributed by atoms with Crippen molar-refractivity contribution >= 4 is 0 Å². The summed E-state index contributed by atoms with van der Waals surface area (Å²) in [6.45, 7) is 5.85. The molecule has 0 bridgehead atoms. The van der Waals surface area contributed by atoms with Crippen molar-refractivity contribution in [3.8, 4) is 0 Å². The van der Waals surface area contributed by atoms with Gasteiger partial charge in [0.05, 0.1) is 0 Å². The molecule has 0 saturated heterocycles. The molecule has 1 fully saturated rings. The van der Waals surface area contributed by atoms with E-state index in [0.29, 0.717) is 0 Å². The zero-order valence-corrected chi connectivity index (χ0v) is 10.0. The fourth-order valence-corrected chi connectivity index (χ4v) is 2.21. The number of hydrogen-bond acceptors (Lipinski definition) is 1. The molecular formula is C13H27N. The van der Waals surface area contributed by atoms with Gasteiger partial charge in [0.1, 0.15) is 0 Å². The topological polar surface area (TPSA) is 12.0 Å². The predicted molar refractivity (Wildman–Crippen MR) is 63.6 cm³/mol. The van der Waals surface area contributed by atoms with Gasteiger partial charge in [-0.2, -0.15) is 0 Å². The van der Waals surface area contributed by atoms with Crippen LogP contribution in [0.3, 0.4) is 0 Å². The van der Waals surface area contributed by atoms with E-state index >= 15 is 0 Å². The van der Waals surface area contributed by atoms with Crippen LogP contribution in [0.1, 0.15) is 65.2 Å². The molecule has 1 rings (SSSR count). The first-order valence-corrected chi connectivity index (χ1v) is 6.56. The summed E-state index contributed by atoms with van der Waals surface area (Å²) in [5.74, 6) is 1.05. The van der Waals surface area contributed by atoms with Gasteiger partial charge in [0, 0.05) is 6.04 Å². The van der Waals surface area contributed by atoms with Gasteiger partial charge in [-0.3, -0.25) is 0 Å². The average molecular weight is 197 g/mol. The van der Waals surface area contributed by atoms with Crippen molar-refractivity contribution in [1.29, 1.82) is 0 Å². The number of rotatable bonds is 8. The molecule has 1 unspecified atom stereocenters. The van der Waals surface area contributed by atoms with E-state index < -0.39 is 0 Å². The van der Waals surface area contributed by atoms with Crippen molar-refractivity contribution in [2.24, 2.45) is 5.92 Å². The third-order valence-electron chi connectivity index (χ3n) is 3.43. The van der Waals surface area contributed by atoms with E-state index in [4.69, 9.17) is 0 Å². The van der Waals surface area contributed by atoms with Crippen LogP contribution < -0.4 is 5.32 Å². The Morgan fingerprint density at radius 1 is 1.21 bits per heavy atom. The Hall–Kier alpha value is -0.0400. The van der Waals surface area contributed by atoms with Gasteiger partial charge < -0.3 is 5.32 Å². The summed E-state index contributed by atoms with van der Waals surface area (Å²) in [5, 5.41) is 3.64. The van der Waals surface area contributed by atoms with Crippen LogP contribution in [-0.4, -0.2) is 12.6 Å². The Kier molecular flexibility index (Phi) is 6.25. The van der Waals surface area contributed by atoms with E-state index in [1.165, 1.54) is 57.9 Å². The van der Waals surface area contributed by atoms with Crippen LogP contribution >= 0.6 is 0 Å². The standard InChI is InChI=1S/C13H27N/c1-3-4-5-6-10-14-12(2)11-13-8-7-9-13/h12-14H,3-11H2,1-2H3. The first kappa shape index (κ1) is 12.0. The second kappa shape index (κ2) is 7.28. The van der Waals surface area contributed by atoms with Crippen molar-refractivity contribution < 1.29 is 0 Å². The van der Waals surface area contributed by atoms with Crippen LogP contribution in [0.2, 0.25) is 0 Å². The summed E-state index contributed by atoms with van der Waals surface area (Å²) in [6.07, 6.45) is 11.4. The molecule has 0 aromatic carbocycles. The summed E-state index contributed by atoms with van der Waals surface area (Å²) in [6, 6.07) is 0.752. The summed E-state index contributed by atoms with van der Waals surface area (Å²) >= 11 is 0. The molecule has 84 valence electrons. The summed E-state index contributed by atoms with van der Waals surface area (Å²) in [5.41, 5.74) is 0. The fourth-order valence-electron chi connectivity index (χ4n) is 2.21. The molecule has 1 nitrogen and oxygen atoms in total. The van der Waals surface area contributed by atoms with Crippen molar-refractivity contribution in [2.75, 3.05) is 6.54 Å². The van der Waals surface area contributed by atoms with E-state index in [9.17, 15) is 0 Å². The molecule has 1 heteroatoms. The molecular weight excluding hydrogens is 170 g/mol. The molecule has 0 spiro atoms. The van der Waals surface area contributed by atoms with Gasteiger partial charge in [-0.05, 0) is 32.2 Å². The lowest BCUT2D eigenvalue weighted by molar-refractivity contribution is 0.265. The van der Waals surface area contributed by atoms with Gasteiger partial charge >= 0.3 is 0 Å². The van der Waals surface area contributed by atoms with E-state index in [2.05, 4.69) is 19.2 Å². The summed E-state index contributed by atoms with van der Waals surface area (Å²) in [4.78, 5) is 0. The maximum absolute atomic E-state index is 3.64. The zero-order valence-electron chi connectivity index (χ0n) is 10.0. The predicted octanol–water partition coefficient (Wildman–Crippen LogP) is 3.74. The largest absolute Gasteiger partial charge is 0.314 e. The van der Waals surface area contributed by atoms with Gasteiger partial charge in [-0.1, -0.05) is 45.4 Å². The molecule has 1 N–H and O–H groups in total. The highest BCUT2D eigenvalue weighted by atomic mass is 14.9. The second-order valence-corrected chi connectivity index (χ2v) is 4.95. The van der Waals surface area contributed by atoms with Crippen LogP contribution in [0.15, 0.2) is 0 Å².